The Morgan fingerprint density at radius 1 is 1.33 bits per heavy atom. The molecule has 0 saturated heterocycles. The molecule has 128 valence electrons. The van der Waals surface area contributed by atoms with Crippen LogP contribution >= 0.6 is 0 Å². The highest BCUT2D eigenvalue weighted by Gasteiger charge is 2.28. The summed E-state index contributed by atoms with van der Waals surface area (Å²) < 4.78 is 0. The Hall–Kier alpha value is -2.14. The zero-order valence-electron chi connectivity index (χ0n) is 14.5. The summed E-state index contributed by atoms with van der Waals surface area (Å²) in [4.78, 5) is 15.2. The molecule has 1 aromatic heterocycles. The van der Waals surface area contributed by atoms with Gasteiger partial charge in [0, 0.05) is 37.3 Å². The van der Waals surface area contributed by atoms with Gasteiger partial charge in [-0.25, -0.2) is 0 Å². The van der Waals surface area contributed by atoms with Gasteiger partial charge in [-0.3, -0.25) is 9.89 Å². The van der Waals surface area contributed by atoms with Crippen molar-refractivity contribution < 1.29 is 4.79 Å². The number of H-pyrrole nitrogens is 1. The molecule has 0 radical (unpaired) electrons. The average Bonchev–Trinajstić information content (AvgIpc) is 3.06. The molecule has 1 amide bonds. The summed E-state index contributed by atoms with van der Waals surface area (Å²) in [5.74, 6) is 0.0287. The second-order valence-electron chi connectivity index (χ2n) is 6.39. The van der Waals surface area contributed by atoms with Crippen LogP contribution in [0.2, 0.25) is 0 Å². The van der Waals surface area contributed by atoms with Crippen molar-refractivity contribution in [1.29, 1.82) is 0 Å². The summed E-state index contributed by atoms with van der Waals surface area (Å²) in [6.45, 7) is 6.65. The van der Waals surface area contributed by atoms with Crippen molar-refractivity contribution >= 4 is 5.91 Å². The number of nitrogens with one attached hydrogen (secondary N) is 2. The zero-order valence-corrected chi connectivity index (χ0v) is 14.5. The lowest BCUT2D eigenvalue weighted by molar-refractivity contribution is 0.0680. The van der Waals surface area contributed by atoms with Gasteiger partial charge in [-0.1, -0.05) is 43.7 Å². The molecule has 0 bridgehead atoms. The average molecular weight is 326 g/mol. The first-order valence-corrected chi connectivity index (χ1v) is 8.85. The number of unbranched alkanes of at least 4 members (excludes halogenated alkanes) is 1. The Bertz CT molecular complexity index is 680. The van der Waals surface area contributed by atoms with Crippen molar-refractivity contribution in [3.8, 4) is 0 Å². The number of nitrogens with zero attached hydrogens (tertiary/aromatic N) is 2. The molecule has 5 heteroatoms. The summed E-state index contributed by atoms with van der Waals surface area (Å²) >= 11 is 0. The largest absolute Gasteiger partial charge is 0.330 e. The SMILES string of the molecule is CCCCN(C(=O)c1n[nH]c2c1CNCC2)C(C)c1ccccc1. The van der Waals surface area contributed by atoms with E-state index in [-0.39, 0.29) is 11.9 Å². The van der Waals surface area contributed by atoms with Crippen molar-refractivity contribution in [2.75, 3.05) is 13.1 Å². The van der Waals surface area contributed by atoms with Gasteiger partial charge in [-0.15, -0.1) is 0 Å². The molecular weight excluding hydrogens is 300 g/mol. The Kier molecular flexibility index (Phi) is 5.30. The molecule has 1 aromatic carbocycles. The van der Waals surface area contributed by atoms with Crippen LogP contribution in [0, 0.1) is 0 Å². The first kappa shape index (κ1) is 16.7. The standard InChI is InChI=1S/C19H26N4O/c1-3-4-12-23(14(2)15-8-6-5-7-9-15)19(24)18-16-13-20-11-10-17(16)21-22-18/h5-9,14,20H,3-4,10-13H2,1-2H3,(H,21,22). The van der Waals surface area contributed by atoms with Crippen LogP contribution in [-0.2, 0) is 13.0 Å². The fraction of sp³-hybridized carbons (Fsp3) is 0.474. The van der Waals surface area contributed by atoms with Crippen molar-refractivity contribution in [3.05, 3.63) is 52.8 Å². The molecule has 0 spiro atoms. The molecule has 2 heterocycles. The number of benzene rings is 1. The number of hydrogen-bond donors (Lipinski definition) is 2. The Morgan fingerprint density at radius 3 is 2.88 bits per heavy atom. The third-order valence-electron chi connectivity index (χ3n) is 4.77. The van der Waals surface area contributed by atoms with Crippen molar-refractivity contribution in [3.63, 3.8) is 0 Å². The molecule has 2 aromatic rings. The lowest BCUT2D eigenvalue weighted by Crippen LogP contribution is -2.36. The number of fused-ring (bicyclic) bond motifs is 1. The van der Waals surface area contributed by atoms with Crippen LogP contribution in [0.15, 0.2) is 30.3 Å². The fourth-order valence-electron chi connectivity index (χ4n) is 3.25. The van der Waals surface area contributed by atoms with E-state index in [0.29, 0.717) is 12.2 Å². The minimum absolute atomic E-state index is 0.0287. The fourth-order valence-corrected chi connectivity index (χ4v) is 3.25. The summed E-state index contributed by atoms with van der Waals surface area (Å²) in [5, 5.41) is 10.7. The summed E-state index contributed by atoms with van der Waals surface area (Å²) in [6.07, 6.45) is 2.96. The first-order valence-electron chi connectivity index (χ1n) is 8.85. The van der Waals surface area contributed by atoms with Crippen LogP contribution in [0.4, 0.5) is 0 Å². The first-order chi connectivity index (χ1) is 11.7. The van der Waals surface area contributed by atoms with Gasteiger partial charge >= 0.3 is 0 Å². The highest BCUT2D eigenvalue weighted by Crippen LogP contribution is 2.25. The van der Waals surface area contributed by atoms with Gasteiger partial charge in [0.15, 0.2) is 5.69 Å². The lowest BCUT2D eigenvalue weighted by Gasteiger charge is -2.29. The van der Waals surface area contributed by atoms with E-state index < -0.39 is 0 Å². The van der Waals surface area contributed by atoms with E-state index in [2.05, 4.69) is 41.5 Å². The monoisotopic (exact) mass is 326 g/mol. The Labute approximate surface area is 143 Å². The minimum atomic E-state index is 0.0287. The van der Waals surface area contributed by atoms with E-state index in [1.165, 1.54) is 0 Å². The van der Waals surface area contributed by atoms with Crippen LogP contribution in [0.3, 0.4) is 0 Å². The van der Waals surface area contributed by atoms with Crippen LogP contribution in [0.1, 0.15) is 60.0 Å². The van der Waals surface area contributed by atoms with Gasteiger partial charge in [0.2, 0.25) is 0 Å². The van der Waals surface area contributed by atoms with Crippen molar-refractivity contribution in [2.45, 2.75) is 45.7 Å². The molecular formula is C19H26N4O. The van der Waals surface area contributed by atoms with E-state index in [1.54, 1.807) is 0 Å². The Morgan fingerprint density at radius 2 is 2.12 bits per heavy atom. The highest BCUT2D eigenvalue weighted by molar-refractivity contribution is 5.94. The normalized spacial score (nSPS) is 14.9. The predicted octanol–water partition coefficient (Wildman–Crippen LogP) is 3.06. The molecule has 0 saturated carbocycles. The molecule has 0 aliphatic carbocycles. The summed E-state index contributed by atoms with van der Waals surface area (Å²) in [5.41, 5.74) is 3.87. The maximum Gasteiger partial charge on any atom is 0.275 e. The molecule has 5 nitrogen and oxygen atoms in total. The number of carbonyl (C=O) groups excluding carboxylic acids is 1. The second kappa shape index (κ2) is 7.62. The Balaban J connectivity index is 1.88. The maximum absolute atomic E-state index is 13.2. The summed E-state index contributed by atoms with van der Waals surface area (Å²) in [7, 11) is 0. The van der Waals surface area contributed by atoms with E-state index in [1.807, 2.05) is 23.1 Å². The van der Waals surface area contributed by atoms with E-state index in [4.69, 9.17) is 0 Å². The van der Waals surface area contributed by atoms with Crippen molar-refractivity contribution in [2.24, 2.45) is 0 Å². The quantitative estimate of drug-likeness (QED) is 0.857. The lowest BCUT2D eigenvalue weighted by atomic mass is 10.0. The van der Waals surface area contributed by atoms with E-state index in [0.717, 1.165) is 49.2 Å². The summed E-state index contributed by atoms with van der Waals surface area (Å²) in [6, 6.07) is 10.2. The van der Waals surface area contributed by atoms with Crippen LogP contribution < -0.4 is 5.32 Å². The number of carbonyl (C=O) groups is 1. The van der Waals surface area contributed by atoms with E-state index >= 15 is 0 Å². The van der Waals surface area contributed by atoms with Gasteiger partial charge in [0.05, 0.1) is 6.04 Å². The van der Waals surface area contributed by atoms with Gasteiger partial charge in [-0.05, 0) is 18.9 Å². The third kappa shape index (κ3) is 3.36. The van der Waals surface area contributed by atoms with Crippen LogP contribution in [0.25, 0.3) is 0 Å². The van der Waals surface area contributed by atoms with Crippen LogP contribution in [0.5, 0.6) is 0 Å². The topological polar surface area (TPSA) is 61.0 Å². The molecule has 1 atom stereocenters. The third-order valence-corrected chi connectivity index (χ3v) is 4.77. The maximum atomic E-state index is 13.2. The predicted molar refractivity (Wildman–Crippen MR) is 94.8 cm³/mol. The highest BCUT2D eigenvalue weighted by atomic mass is 16.2. The zero-order chi connectivity index (χ0) is 16.9. The van der Waals surface area contributed by atoms with E-state index in [9.17, 15) is 4.79 Å². The minimum Gasteiger partial charge on any atom is -0.330 e. The molecule has 1 unspecified atom stereocenters. The van der Waals surface area contributed by atoms with Gasteiger partial charge in [0.1, 0.15) is 0 Å². The van der Waals surface area contributed by atoms with Gasteiger partial charge < -0.3 is 10.2 Å². The van der Waals surface area contributed by atoms with Crippen molar-refractivity contribution in [1.82, 2.24) is 20.4 Å². The smallest absolute Gasteiger partial charge is 0.275 e. The molecule has 0 fully saturated rings. The molecule has 3 rings (SSSR count). The van der Waals surface area contributed by atoms with Crippen LogP contribution in [-0.4, -0.2) is 34.1 Å². The molecule has 24 heavy (non-hydrogen) atoms. The number of hydrogen-bond acceptors (Lipinski definition) is 3. The van der Waals surface area contributed by atoms with Gasteiger partial charge in [0.25, 0.3) is 5.91 Å². The molecule has 1 aliphatic heterocycles. The number of aromatic amines is 1. The second-order valence-corrected chi connectivity index (χ2v) is 6.39. The molecule has 1 aliphatic rings. The van der Waals surface area contributed by atoms with Gasteiger partial charge in [-0.2, -0.15) is 5.10 Å². The molecule has 2 N–H and O–H groups in total. The number of aromatic nitrogens is 2. The number of rotatable bonds is 6. The number of amides is 1.